The lowest BCUT2D eigenvalue weighted by molar-refractivity contribution is 0.561. The molecule has 0 saturated carbocycles. The zero-order valence-corrected chi connectivity index (χ0v) is 9.27. The molecule has 0 N–H and O–H groups in total. The van der Waals surface area contributed by atoms with E-state index in [0.29, 0.717) is 11.5 Å². The number of rotatable bonds is 2. The van der Waals surface area contributed by atoms with Gasteiger partial charge in [-0.1, -0.05) is 29.3 Å². The van der Waals surface area contributed by atoms with Crippen LogP contribution in [-0.2, 0) is 6.42 Å². The van der Waals surface area contributed by atoms with Gasteiger partial charge in [0, 0.05) is 10.6 Å². The van der Waals surface area contributed by atoms with Crippen LogP contribution in [0.5, 0.6) is 0 Å². The summed E-state index contributed by atoms with van der Waals surface area (Å²) in [7, 11) is 0. The second-order valence-corrected chi connectivity index (χ2v) is 4.06. The Hall–Kier alpha value is -1.15. The van der Waals surface area contributed by atoms with E-state index in [1.807, 2.05) is 12.5 Å². The number of hydrogen-bond acceptors (Lipinski definition) is 0. The summed E-state index contributed by atoms with van der Waals surface area (Å²) in [5, 5.41) is 0.620. The molecule has 0 atom stereocenters. The predicted octanol–water partition coefficient (Wildman–Crippen LogP) is 4.16. The van der Waals surface area contributed by atoms with E-state index in [0.717, 1.165) is 5.57 Å². The number of hydrogen-bond donors (Lipinski definition) is 0. The molecule has 0 fully saturated rings. The van der Waals surface area contributed by atoms with Crippen LogP contribution in [0.2, 0.25) is 0 Å². The minimum atomic E-state index is -0.514. The molecule has 1 aliphatic carbocycles. The van der Waals surface area contributed by atoms with Gasteiger partial charge in [0.05, 0.1) is 0 Å². The molecular weight excluding hydrogens is 230 g/mol. The van der Waals surface area contributed by atoms with E-state index in [1.165, 1.54) is 18.2 Å². The van der Waals surface area contributed by atoms with E-state index in [4.69, 9.17) is 11.6 Å². The van der Waals surface area contributed by atoms with Gasteiger partial charge in [-0.05, 0) is 37.5 Å². The summed E-state index contributed by atoms with van der Waals surface area (Å²) in [6, 6.07) is 3.89. The van der Waals surface area contributed by atoms with Crippen molar-refractivity contribution in [2.75, 3.05) is 0 Å². The smallest absolute Gasteiger partial charge is 0.129 e. The summed E-state index contributed by atoms with van der Waals surface area (Å²) in [4.78, 5) is 0. The fourth-order valence-electron chi connectivity index (χ4n) is 1.65. The van der Waals surface area contributed by atoms with Crippen molar-refractivity contribution in [1.29, 1.82) is 0 Å². The second kappa shape index (κ2) is 4.79. The molecule has 0 aromatic heterocycles. The first-order valence-electron chi connectivity index (χ1n) is 4.99. The molecule has 1 aliphatic rings. The molecule has 0 heterocycles. The Bertz CT molecular complexity index is 441. The summed E-state index contributed by atoms with van der Waals surface area (Å²) >= 11 is 5.83. The lowest BCUT2D eigenvalue weighted by Gasteiger charge is -2.11. The van der Waals surface area contributed by atoms with Crippen LogP contribution in [0.4, 0.5) is 8.78 Å². The molecule has 3 heteroatoms. The Morgan fingerprint density at radius 2 is 1.88 bits per heavy atom. The number of benzene rings is 1. The van der Waals surface area contributed by atoms with Crippen LogP contribution in [0, 0.1) is 18.1 Å². The quantitative estimate of drug-likeness (QED) is 0.727. The minimum absolute atomic E-state index is 0.0939. The molecule has 2 rings (SSSR count). The van der Waals surface area contributed by atoms with Crippen LogP contribution in [0.3, 0.4) is 0 Å². The van der Waals surface area contributed by atoms with Crippen molar-refractivity contribution in [2.24, 2.45) is 0 Å². The van der Waals surface area contributed by atoms with Crippen LogP contribution >= 0.6 is 11.6 Å². The van der Waals surface area contributed by atoms with Gasteiger partial charge in [0.1, 0.15) is 11.6 Å². The summed E-state index contributed by atoms with van der Waals surface area (Å²) in [6.07, 6.45) is 6.45. The monoisotopic (exact) mass is 239 g/mol. The highest BCUT2D eigenvalue weighted by Gasteiger charge is 2.12. The van der Waals surface area contributed by atoms with Gasteiger partial charge in [-0.2, -0.15) is 0 Å². The van der Waals surface area contributed by atoms with Crippen LogP contribution in [0.1, 0.15) is 12.0 Å². The van der Waals surface area contributed by atoms with Gasteiger partial charge in [-0.3, -0.25) is 0 Å². The van der Waals surface area contributed by atoms with Crippen LogP contribution in [0.25, 0.3) is 0 Å². The summed E-state index contributed by atoms with van der Waals surface area (Å²) in [6.45, 7) is 0. The SMILES string of the molecule is Fc1cccc(F)c1CC1=CC(Cl)=CC[CH]1. The molecule has 0 saturated heterocycles. The first-order valence-corrected chi connectivity index (χ1v) is 5.37. The fourth-order valence-corrected chi connectivity index (χ4v) is 1.88. The van der Waals surface area contributed by atoms with Crippen LogP contribution < -0.4 is 0 Å². The molecule has 1 aromatic carbocycles. The lowest BCUT2D eigenvalue weighted by Crippen LogP contribution is -2.00. The Kier molecular flexibility index (Phi) is 3.39. The van der Waals surface area contributed by atoms with Gasteiger partial charge >= 0.3 is 0 Å². The van der Waals surface area contributed by atoms with Gasteiger partial charge in [-0.25, -0.2) is 8.78 Å². The summed E-state index contributed by atoms with van der Waals surface area (Å²) in [5.41, 5.74) is 0.938. The van der Waals surface area contributed by atoms with Crippen molar-refractivity contribution in [3.63, 3.8) is 0 Å². The average molecular weight is 240 g/mol. The van der Waals surface area contributed by atoms with Crippen molar-refractivity contribution >= 4 is 11.6 Å². The third-order valence-electron chi connectivity index (χ3n) is 2.46. The molecule has 0 amide bonds. The topological polar surface area (TPSA) is 0 Å². The number of allylic oxidation sites excluding steroid dienone is 4. The van der Waals surface area contributed by atoms with E-state index in [-0.39, 0.29) is 12.0 Å². The highest BCUT2D eigenvalue weighted by molar-refractivity contribution is 6.31. The molecule has 0 nitrogen and oxygen atoms in total. The van der Waals surface area contributed by atoms with E-state index in [2.05, 4.69) is 0 Å². The first kappa shape index (κ1) is 11.3. The van der Waals surface area contributed by atoms with Crippen molar-refractivity contribution in [1.82, 2.24) is 0 Å². The molecule has 0 spiro atoms. The highest BCUT2D eigenvalue weighted by atomic mass is 35.5. The number of halogens is 3. The summed E-state index contributed by atoms with van der Waals surface area (Å²) < 4.78 is 26.7. The molecule has 83 valence electrons. The van der Waals surface area contributed by atoms with Crippen molar-refractivity contribution in [3.05, 3.63) is 64.6 Å². The molecule has 1 aromatic rings. The fraction of sp³-hybridized carbons (Fsp3) is 0.154. The lowest BCUT2D eigenvalue weighted by atomic mass is 9.97. The minimum Gasteiger partial charge on any atom is -0.207 e. The molecule has 0 unspecified atom stereocenters. The van der Waals surface area contributed by atoms with Crippen molar-refractivity contribution in [2.45, 2.75) is 12.8 Å². The Labute approximate surface area is 98.2 Å². The van der Waals surface area contributed by atoms with E-state index >= 15 is 0 Å². The van der Waals surface area contributed by atoms with E-state index < -0.39 is 11.6 Å². The second-order valence-electron chi connectivity index (χ2n) is 3.63. The van der Waals surface area contributed by atoms with Crippen molar-refractivity contribution in [3.8, 4) is 0 Å². The Balaban J connectivity index is 2.24. The van der Waals surface area contributed by atoms with Gasteiger partial charge in [0.2, 0.25) is 0 Å². The van der Waals surface area contributed by atoms with Gasteiger partial charge in [0.25, 0.3) is 0 Å². The third kappa shape index (κ3) is 2.50. The standard InChI is InChI=1S/C13H10ClF2/c14-10-4-1-3-9(7-10)8-11-12(15)5-2-6-13(11)16/h2-7H,1,8H2. The van der Waals surface area contributed by atoms with Gasteiger partial charge in [-0.15, -0.1) is 0 Å². The van der Waals surface area contributed by atoms with Gasteiger partial charge < -0.3 is 0 Å². The maximum Gasteiger partial charge on any atom is 0.129 e. The maximum atomic E-state index is 13.4. The van der Waals surface area contributed by atoms with Crippen LogP contribution in [-0.4, -0.2) is 0 Å². The predicted molar refractivity (Wildman–Crippen MR) is 61.0 cm³/mol. The Morgan fingerprint density at radius 1 is 1.19 bits per heavy atom. The summed E-state index contributed by atoms with van der Waals surface area (Å²) in [5.74, 6) is -1.03. The zero-order valence-electron chi connectivity index (χ0n) is 8.51. The Morgan fingerprint density at radius 3 is 2.50 bits per heavy atom. The molecule has 16 heavy (non-hydrogen) atoms. The largest absolute Gasteiger partial charge is 0.207 e. The zero-order chi connectivity index (χ0) is 11.5. The normalized spacial score (nSPS) is 15.7. The highest BCUT2D eigenvalue weighted by Crippen LogP contribution is 2.24. The van der Waals surface area contributed by atoms with Crippen LogP contribution in [0.15, 0.2) is 41.0 Å². The molecule has 1 radical (unpaired) electrons. The molecule has 0 aliphatic heterocycles. The first-order chi connectivity index (χ1) is 7.66. The van der Waals surface area contributed by atoms with Gasteiger partial charge in [0.15, 0.2) is 0 Å². The van der Waals surface area contributed by atoms with E-state index in [1.54, 1.807) is 6.08 Å². The third-order valence-corrected chi connectivity index (χ3v) is 2.72. The molecule has 0 bridgehead atoms. The van der Waals surface area contributed by atoms with Crippen molar-refractivity contribution < 1.29 is 8.78 Å². The molecular formula is C13H10ClF2. The van der Waals surface area contributed by atoms with E-state index in [9.17, 15) is 8.78 Å². The maximum absolute atomic E-state index is 13.4. The average Bonchev–Trinajstić information content (AvgIpc) is 2.24.